The van der Waals surface area contributed by atoms with Gasteiger partial charge in [0.05, 0.1) is 11.7 Å². The lowest BCUT2D eigenvalue weighted by Crippen LogP contribution is -2.41. The van der Waals surface area contributed by atoms with Crippen LogP contribution in [-0.2, 0) is 32.6 Å². The molecule has 0 bridgehead atoms. The van der Waals surface area contributed by atoms with Crippen LogP contribution in [0.1, 0.15) is 17.5 Å². The molecule has 2 heterocycles. The molecule has 2 amide bonds. The van der Waals surface area contributed by atoms with Crippen LogP contribution < -0.4 is 10.2 Å². The van der Waals surface area contributed by atoms with Gasteiger partial charge in [-0.25, -0.2) is 8.42 Å². The number of nitrogens with zero attached hydrogens (tertiary/aromatic N) is 2. The summed E-state index contributed by atoms with van der Waals surface area (Å²) in [6.07, 6.45) is 0.788. The second-order valence-electron chi connectivity index (χ2n) is 7.84. The molecule has 0 aliphatic carbocycles. The maximum Gasteiger partial charge on any atom is 0.227 e. The molecule has 1 N–H and O–H groups in total. The number of carbonyl (C=O) groups is 2. The number of nitrogens with one attached hydrogen (secondary N) is 1. The summed E-state index contributed by atoms with van der Waals surface area (Å²) in [6, 6.07) is 14.7. The predicted octanol–water partition coefficient (Wildman–Crippen LogP) is 2.20. The van der Waals surface area contributed by atoms with Crippen molar-refractivity contribution in [1.82, 2.24) is 9.62 Å². The van der Waals surface area contributed by atoms with Gasteiger partial charge in [-0.05, 0) is 41.8 Å². The first-order valence-electron chi connectivity index (χ1n) is 10.2. The Kier molecular flexibility index (Phi) is 6.31. The summed E-state index contributed by atoms with van der Waals surface area (Å²) in [7, 11) is -3.49. The van der Waals surface area contributed by atoms with E-state index in [-0.39, 0.29) is 37.1 Å². The number of fused-ring (bicyclic) bond motifs is 1. The van der Waals surface area contributed by atoms with E-state index < -0.39 is 15.9 Å². The van der Waals surface area contributed by atoms with E-state index in [0.29, 0.717) is 30.2 Å². The molecule has 0 spiro atoms. The summed E-state index contributed by atoms with van der Waals surface area (Å²) in [5.41, 5.74) is 2.89. The molecule has 2 aromatic rings. The third kappa shape index (κ3) is 4.92. The van der Waals surface area contributed by atoms with Gasteiger partial charge in [0.1, 0.15) is 0 Å². The van der Waals surface area contributed by atoms with Crippen molar-refractivity contribution in [3.05, 3.63) is 64.7 Å². The number of anilines is 1. The molecule has 2 aliphatic rings. The molecule has 0 aromatic heterocycles. The molecule has 31 heavy (non-hydrogen) atoms. The summed E-state index contributed by atoms with van der Waals surface area (Å²) in [6.45, 7) is 1.09. The number of benzene rings is 2. The first-order chi connectivity index (χ1) is 14.8. The van der Waals surface area contributed by atoms with Crippen LogP contribution in [0.4, 0.5) is 5.69 Å². The minimum atomic E-state index is -3.49. The highest BCUT2D eigenvalue weighted by atomic mass is 35.5. The zero-order valence-electron chi connectivity index (χ0n) is 17.0. The molecule has 1 atom stereocenters. The Morgan fingerprint density at radius 3 is 2.55 bits per heavy atom. The Bertz CT molecular complexity index is 1090. The fourth-order valence-electron chi connectivity index (χ4n) is 4.04. The van der Waals surface area contributed by atoms with E-state index in [2.05, 4.69) is 5.32 Å². The van der Waals surface area contributed by atoms with Crippen molar-refractivity contribution in [1.29, 1.82) is 0 Å². The van der Waals surface area contributed by atoms with Gasteiger partial charge in [-0.1, -0.05) is 35.9 Å². The second-order valence-corrected chi connectivity index (χ2v) is 10.4. The minimum absolute atomic E-state index is 0.0188. The largest absolute Gasteiger partial charge is 0.355 e. The average Bonchev–Trinajstić information content (AvgIpc) is 3.15. The Morgan fingerprint density at radius 1 is 1.10 bits per heavy atom. The van der Waals surface area contributed by atoms with Crippen LogP contribution >= 0.6 is 11.6 Å². The average molecular weight is 462 g/mol. The van der Waals surface area contributed by atoms with Crippen LogP contribution in [0.25, 0.3) is 0 Å². The second kappa shape index (κ2) is 8.98. The van der Waals surface area contributed by atoms with Crippen molar-refractivity contribution in [2.45, 2.75) is 19.4 Å². The first-order valence-corrected chi connectivity index (χ1v) is 12.2. The van der Waals surface area contributed by atoms with E-state index in [1.807, 2.05) is 24.3 Å². The molecule has 0 saturated carbocycles. The maximum absolute atomic E-state index is 12.7. The summed E-state index contributed by atoms with van der Waals surface area (Å²) >= 11 is 5.89. The molecule has 7 nitrogen and oxygen atoms in total. The van der Waals surface area contributed by atoms with Gasteiger partial charge < -0.3 is 10.2 Å². The van der Waals surface area contributed by atoms with Gasteiger partial charge in [0.2, 0.25) is 21.8 Å². The quantitative estimate of drug-likeness (QED) is 0.714. The fraction of sp³-hybridized carbons (Fsp3) is 0.364. The molecule has 2 aromatic carbocycles. The molecule has 164 valence electrons. The molecule has 2 aliphatic heterocycles. The maximum atomic E-state index is 12.7. The smallest absolute Gasteiger partial charge is 0.227 e. The van der Waals surface area contributed by atoms with Crippen molar-refractivity contribution in [2.75, 3.05) is 30.3 Å². The van der Waals surface area contributed by atoms with Crippen molar-refractivity contribution >= 4 is 39.1 Å². The van der Waals surface area contributed by atoms with Crippen molar-refractivity contribution in [3.63, 3.8) is 0 Å². The number of rotatable bonds is 6. The SMILES string of the molecule is O=C(NCCS(=O)(=O)N1CCc2ccccc2C1)[C@H]1CC(=O)N(c2ccc(Cl)cc2)C1. The molecular formula is C22H24ClN3O4S. The number of carbonyl (C=O) groups excluding carboxylic acids is 2. The molecule has 1 saturated heterocycles. The van der Waals surface area contributed by atoms with E-state index in [0.717, 1.165) is 5.56 Å². The Balaban J connectivity index is 1.29. The van der Waals surface area contributed by atoms with Crippen LogP contribution in [0.2, 0.25) is 5.02 Å². The van der Waals surface area contributed by atoms with Gasteiger partial charge >= 0.3 is 0 Å². The summed E-state index contributed by atoms with van der Waals surface area (Å²) < 4.78 is 26.9. The molecule has 4 rings (SSSR count). The summed E-state index contributed by atoms with van der Waals surface area (Å²) in [5.74, 6) is -1.11. The van der Waals surface area contributed by atoms with Crippen LogP contribution in [-0.4, -0.2) is 49.9 Å². The van der Waals surface area contributed by atoms with Crippen LogP contribution in [0, 0.1) is 5.92 Å². The van der Waals surface area contributed by atoms with Gasteiger partial charge in [-0.15, -0.1) is 0 Å². The molecule has 0 unspecified atom stereocenters. The van der Waals surface area contributed by atoms with Crippen LogP contribution in [0.3, 0.4) is 0 Å². The number of sulfonamides is 1. The summed E-state index contributed by atoms with van der Waals surface area (Å²) in [5, 5.41) is 3.27. The lowest BCUT2D eigenvalue weighted by atomic mass is 10.0. The van der Waals surface area contributed by atoms with Gasteiger partial charge in [0.25, 0.3) is 0 Å². The third-order valence-electron chi connectivity index (χ3n) is 5.78. The van der Waals surface area contributed by atoms with Crippen molar-refractivity contribution in [3.8, 4) is 0 Å². The zero-order valence-corrected chi connectivity index (χ0v) is 18.5. The van der Waals surface area contributed by atoms with Gasteiger partial charge in [-0.3, -0.25) is 9.59 Å². The van der Waals surface area contributed by atoms with E-state index in [9.17, 15) is 18.0 Å². The Hall–Kier alpha value is -2.42. The van der Waals surface area contributed by atoms with Crippen LogP contribution in [0.15, 0.2) is 48.5 Å². The highest BCUT2D eigenvalue weighted by Crippen LogP contribution is 2.26. The fourth-order valence-corrected chi connectivity index (χ4v) is 5.49. The van der Waals surface area contributed by atoms with Crippen LogP contribution in [0.5, 0.6) is 0 Å². The van der Waals surface area contributed by atoms with Gasteiger partial charge in [-0.2, -0.15) is 4.31 Å². The predicted molar refractivity (Wildman–Crippen MR) is 119 cm³/mol. The number of hydrogen-bond acceptors (Lipinski definition) is 4. The lowest BCUT2D eigenvalue weighted by molar-refractivity contribution is -0.126. The normalized spacial score (nSPS) is 19.3. The standard InChI is InChI=1S/C22H24ClN3O4S/c23-19-5-7-20(8-6-19)26-15-18(13-21(26)27)22(28)24-10-12-31(29,30)25-11-9-16-3-1-2-4-17(16)14-25/h1-8,18H,9-15H2,(H,24,28)/t18-/m0/s1. The van der Waals surface area contributed by atoms with E-state index >= 15 is 0 Å². The topological polar surface area (TPSA) is 86.8 Å². The van der Waals surface area contributed by atoms with Crippen molar-refractivity contribution in [2.24, 2.45) is 5.92 Å². The third-order valence-corrected chi connectivity index (χ3v) is 7.85. The van der Waals surface area contributed by atoms with Gasteiger partial charge in [0.15, 0.2) is 0 Å². The van der Waals surface area contributed by atoms with Crippen molar-refractivity contribution < 1.29 is 18.0 Å². The molecular weight excluding hydrogens is 438 g/mol. The monoisotopic (exact) mass is 461 g/mol. The highest BCUT2D eigenvalue weighted by Gasteiger charge is 2.35. The molecule has 0 radical (unpaired) electrons. The Morgan fingerprint density at radius 2 is 1.81 bits per heavy atom. The minimum Gasteiger partial charge on any atom is -0.355 e. The number of amides is 2. The Labute approximate surface area is 187 Å². The highest BCUT2D eigenvalue weighted by molar-refractivity contribution is 7.89. The van der Waals surface area contributed by atoms with E-state index in [1.54, 1.807) is 29.2 Å². The van der Waals surface area contributed by atoms with E-state index in [1.165, 1.54) is 9.87 Å². The van der Waals surface area contributed by atoms with Gasteiger partial charge in [0, 0.05) is 43.3 Å². The lowest BCUT2D eigenvalue weighted by Gasteiger charge is -2.28. The molecule has 1 fully saturated rings. The number of hydrogen-bond donors (Lipinski definition) is 1. The zero-order chi connectivity index (χ0) is 22.0. The summed E-state index contributed by atoms with van der Waals surface area (Å²) in [4.78, 5) is 26.4. The number of halogens is 1. The van der Waals surface area contributed by atoms with E-state index in [4.69, 9.17) is 11.6 Å². The molecule has 9 heteroatoms. The first kappa shape index (κ1) is 21.8.